The number of aryl methyl sites for hydroxylation is 2. The summed E-state index contributed by atoms with van der Waals surface area (Å²) >= 11 is 6.20. The second-order valence-electron chi connectivity index (χ2n) is 6.23. The fourth-order valence-electron chi connectivity index (χ4n) is 3.14. The maximum atomic E-state index is 12.8. The molecule has 3 heterocycles. The zero-order valence-corrected chi connectivity index (χ0v) is 15.0. The van der Waals surface area contributed by atoms with Crippen LogP contribution in [0, 0.1) is 0 Å². The quantitative estimate of drug-likeness (QED) is 0.692. The highest BCUT2D eigenvalue weighted by molar-refractivity contribution is 6.34. The Bertz CT molecular complexity index is 1160. The van der Waals surface area contributed by atoms with Crippen molar-refractivity contribution in [3.63, 3.8) is 0 Å². The normalized spacial score (nSPS) is 16.7. The number of imidazole rings is 1. The molecule has 0 radical (unpaired) electrons. The predicted octanol–water partition coefficient (Wildman–Crippen LogP) is 1.28. The van der Waals surface area contributed by atoms with E-state index in [-0.39, 0.29) is 6.54 Å². The van der Waals surface area contributed by atoms with Crippen LogP contribution in [0.25, 0.3) is 11.2 Å². The molecule has 0 aliphatic carbocycles. The SMILES string of the molecule is Cn1cnc2c1c(=O)n(CC1CC(c3ccccc3Cl)=NO1)c(=O)n2C. The minimum absolute atomic E-state index is 0.101. The molecule has 3 aromatic rings. The van der Waals surface area contributed by atoms with Crippen LogP contribution in [0.3, 0.4) is 0 Å². The van der Waals surface area contributed by atoms with Crippen LogP contribution in [0.1, 0.15) is 12.0 Å². The molecule has 1 unspecified atom stereocenters. The molecule has 1 aliphatic heterocycles. The first-order chi connectivity index (χ1) is 12.5. The van der Waals surface area contributed by atoms with E-state index in [1.165, 1.54) is 15.5 Å². The van der Waals surface area contributed by atoms with Gasteiger partial charge in [-0.1, -0.05) is 35.0 Å². The largest absolute Gasteiger partial charge is 0.390 e. The maximum Gasteiger partial charge on any atom is 0.332 e. The van der Waals surface area contributed by atoms with Crippen LogP contribution in [0.5, 0.6) is 0 Å². The van der Waals surface area contributed by atoms with Crippen LogP contribution < -0.4 is 11.2 Å². The Balaban J connectivity index is 1.66. The lowest BCUT2D eigenvalue weighted by molar-refractivity contribution is 0.0706. The number of oxime groups is 1. The summed E-state index contributed by atoms with van der Waals surface area (Å²) in [6, 6.07) is 7.35. The number of hydrogen-bond donors (Lipinski definition) is 0. The van der Waals surface area contributed by atoms with Gasteiger partial charge in [-0.05, 0) is 6.07 Å². The van der Waals surface area contributed by atoms with Crippen molar-refractivity contribution in [2.24, 2.45) is 19.3 Å². The molecule has 26 heavy (non-hydrogen) atoms. The molecular weight excluding hydrogens is 358 g/mol. The van der Waals surface area contributed by atoms with Gasteiger partial charge in [0.1, 0.15) is 0 Å². The molecule has 1 atom stereocenters. The lowest BCUT2D eigenvalue weighted by Crippen LogP contribution is -2.42. The Hall–Kier alpha value is -2.87. The van der Waals surface area contributed by atoms with Gasteiger partial charge in [0, 0.05) is 31.1 Å². The van der Waals surface area contributed by atoms with Crippen molar-refractivity contribution in [3.8, 4) is 0 Å². The first-order valence-electron chi connectivity index (χ1n) is 8.06. The van der Waals surface area contributed by atoms with Crippen LogP contribution in [0.4, 0.5) is 0 Å². The molecule has 0 spiro atoms. The minimum atomic E-state index is -0.434. The summed E-state index contributed by atoms with van der Waals surface area (Å²) in [6.07, 6.45) is 1.56. The van der Waals surface area contributed by atoms with E-state index in [0.29, 0.717) is 28.3 Å². The number of fused-ring (bicyclic) bond motifs is 1. The van der Waals surface area contributed by atoms with Gasteiger partial charge in [0.2, 0.25) is 0 Å². The highest BCUT2D eigenvalue weighted by Gasteiger charge is 2.26. The number of benzene rings is 1. The van der Waals surface area contributed by atoms with Gasteiger partial charge in [-0.15, -0.1) is 0 Å². The first kappa shape index (κ1) is 16.6. The monoisotopic (exact) mass is 373 g/mol. The molecule has 9 heteroatoms. The van der Waals surface area contributed by atoms with Gasteiger partial charge in [-0.25, -0.2) is 9.78 Å². The summed E-state index contributed by atoms with van der Waals surface area (Å²) in [5.74, 6) is 0. The summed E-state index contributed by atoms with van der Waals surface area (Å²) < 4.78 is 4.13. The molecule has 2 aromatic heterocycles. The van der Waals surface area contributed by atoms with Crippen molar-refractivity contribution in [1.82, 2.24) is 18.7 Å². The van der Waals surface area contributed by atoms with Crippen LogP contribution >= 0.6 is 11.6 Å². The number of rotatable bonds is 3. The topological polar surface area (TPSA) is 83.4 Å². The summed E-state index contributed by atoms with van der Waals surface area (Å²) in [7, 11) is 3.31. The molecule has 0 amide bonds. The average molecular weight is 374 g/mol. The Kier molecular flexibility index (Phi) is 3.91. The molecule has 1 aromatic carbocycles. The lowest BCUT2D eigenvalue weighted by atomic mass is 10.1. The molecule has 0 fully saturated rings. The van der Waals surface area contributed by atoms with E-state index in [2.05, 4.69) is 10.1 Å². The van der Waals surface area contributed by atoms with E-state index >= 15 is 0 Å². The van der Waals surface area contributed by atoms with E-state index in [9.17, 15) is 9.59 Å². The molecule has 0 saturated carbocycles. The van der Waals surface area contributed by atoms with E-state index < -0.39 is 17.4 Å². The van der Waals surface area contributed by atoms with E-state index in [4.69, 9.17) is 16.4 Å². The van der Waals surface area contributed by atoms with Crippen LogP contribution in [0.15, 0.2) is 45.3 Å². The zero-order valence-electron chi connectivity index (χ0n) is 14.2. The summed E-state index contributed by atoms with van der Waals surface area (Å²) in [5, 5.41) is 4.67. The fourth-order valence-corrected chi connectivity index (χ4v) is 3.39. The number of hydrogen-bond acceptors (Lipinski definition) is 5. The van der Waals surface area contributed by atoms with Gasteiger partial charge in [-0.2, -0.15) is 0 Å². The van der Waals surface area contributed by atoms with Gasteiger partial charge >= 0.3 is 5.69 Å². The standard InChI is InChI=1S/C17H16ClN5O3/c1-21-9-19-15-14(21)16(24)23(17(25)22(15)2)8-10-7-13(20-26-10)11-5-3-4-6-12(11)18/h3-6,9-10H,7-8H2,1-2H3. The van der Waals surface area contributed by atoms with E-state index in [1.54, 1.807) is 24.7 Å². The van der Waals surface area contributed by atoms with Crippen molar-refractivity contribution in [3.05, 3.63) is 62.0 Å². The van der Waals surface area contributed by atoms with Crippen molar-refractivity contribution < 1.29 is 4.84 Å². The van der Waals surface area contributed by atoms with Crippen LogP contribution in [-0.2, 0) is 25.5 Å². The van der Waals surface area contributed by atoms with Crippen molar-refractivity contribution in [1.29, 1.82) is 0 Å². The molecule has 0 N–H and O–H groups in total. The highest BCUT2D eigenvalue weighted by atomic mass is 35.5. The molecular formula is C17H16ClN5O3. The summed E-state index contributed by atoms with van der Waals surface area (Å²) in [5.41, 5.74) is 1.40. The van der Waals surface area contributed by atoms with Crippen LogP contribution in [0.2, 0.25) is 5.02 Å². The van der Waals surface area contributed by atoms with Gasteiger partial charge in [0.05, 0.1) is 18.6 Å². The maximum absolute atomic E-state index is 12.8. The highest BCUT2D eigenvalue weighted by Crippen LogP contribution is 2.23. The Morgan fingerprint density at radius 1 is 1.27 bits per heavy atom. The molecule has 8 nitrogen and oxygen atoms in total. The van der Waals surface area contributed by atoms with Gasteiger partial charge in [0.25, 0.3) is 5.56 Å². The van der Waals surface area contributed by atoms with Gasteiger partial charge in [0.15, 0.2) is 17.3 Å². The van der Waals surface area contributed by atoms with Crippen molar-refractivity contribution >= 4 is 28.5 Å². The second kappa shape index (κ2) is 6.14. The molecule has 134 valence electrons. The van der Waals surface area contributed by atoms with Crippen molar-refractivity contribution in [2.45, 2.75) is 19.1 Å². The molecule has 0 saturated heterocycles. The number of aromatic nitrogens is 4. The Labute approximate surface area is 152 Å². The smallest absolute Gasteiger partial charge is 0.332 e. The molecule has 1 aliphatic rings. The summed E-state index contributed by atoms with van der Waals surface area (Å²) in [6.45, 7) is 0.101. The predicted molar refractivity (Wildman–Crippen MR) is 97.7 cm³/mol. The Morgan fingerprint density at radius 3 is 2.81 bits per heavy atom. The average Bonchev–Trinajstić information content (AvgIpc) is 3.24. The molecule has 0 bridgehead atoms. The van der Waals surface area contributed by atoms with Crippen molar-refractivity contribution in [2.75, 3.05) is 0 Å². The van der Waals surface area contributed by atoms with Gasteiger partial charge in [-0.3, -0.25) is 13.9 Å². The third kappa shape index (κ3) is 2.53. The fraction of sp³-hybridized carbons (Fsp3) is 0.294. The third-order valence-corrected chi connectivity index (χ3v) is 4.83. The third-order valence-electron chi connectivity index (χ3n) is 4.50. The van der Waals surface area contributed by atoms with E-state index in [1.807, 2.05) is 18.2 Å². The van der Waals surface area contributed by atoms with E-state index in [0.717, 1.165) is 5.56 Å². The lowest BCUT2D eigenvalue weighted by Gasteiger charge is -2.12. The summed E-state index contributed by atoms with van der Waals surface area (Å²) in [4.78, 5) is 34.9. The van der Waals surface area contributed by atoms with Gasteiger partial charge < -0.3 is 9.40 Å². The number of nitrogens with zero attached hydrogens (tertiary/aromatic N) is 5. The molecule has 4 rings (SSSR count). The minimum Gasteiger partial charge on any atom is -0.390 e. The first-order valence-corrected chi connectivity index (χ1v) is 8.43. The van der Waals surface area contributed by atoms with Crippen LogP contribution in [-0.4, -0.2) is 30.5 Å². The zero-order chi connectivity index (χ0) is 18.4. The second-order valence-corrected chi connectivity index (χ2v) is 6.64. The Morgan fingerprint density at radius 2 is 2.04 bits per heavy atom. The number of halogens is 1.